The molecule has 1 unspecified atom stereocenters. The Kier molecular flexibility index (Phi) is 3.82. The lowest BCUT2D eigenvalue weighted by Gasteiger charge is -2.31. The van der Waals surface area contributed by atoms with Gasteiger partial charge >= 0.3 is 0 Å². The van der Waals surface area contributed by atoms with E-state index in [4.69, 9.17) is 0 Å². The maximum absolute atomic E-state index is 4.57. The van der Waals surface area contributed by atoms with E-state index in [0.717, 1.165) is 30.8 Å². The molecule has 0 bridgehead atoms. The number of aromatic nitrogens is 2. The van der Waals surface area contributed by atoms with Gasteiger partial charge in [0.25, 0.3) is 0 Å². The molecule has 1 aromatic heterocycles. The number of anilines is 2. The van der Waals surface area contributed by atoms with E-state index in [1.54, 1.807) is 0 Å². The molecule has 94 valence electrons. The van der Waals surface area contributed by atoms with Crippen molar-refractivity contribution in [3.8, 4) is 0 Å². The number of hydrogen-bond donors (Lipinski definition) is 1. The number of nitrogens with zero attached hydrogens (tertiary/aromatic N) is 3. The van der Waals surface area contributed by atoms with Gasteiger partial charge in [0.2, 0.25) is 5.95 Å². The van der Waals surface area contributed by atoms with Crippen LogP contribution in [-0.2, 0) is 0 Å². The van der Waals surface area contributed by atoms with E-state index in [1.165, 1.54) is 12.8 Å². The first-order valence-corrected chi connectivity index (χ1v) is 6.49. The molecule has 1 aromatic rings. The fourth-order valence-corrected chi connectivity index (χ4v) is 2.25. The number of nitrogens with one attached hydrogen (secondary N) is 1. The Hall–Kier alpha value is -1.32. The van der Waals surface area contributed by atoms with E-state index in [-0.39, 0.29) is 0 Å². The van der Waals surface area contributed by atoms with Crippen LogP contribution in [0.25, 0.3) is 0 Å². The molecule has 1 aliphatic heterocycles. The van der Waals surface area contributed by atoms with Gasteiger partial charge in [-0.25, -0.2) is 4.98 Å². The summed E-state index contributed by atoms with van der Waals surface area (Å²) in [5.74, 6) is 2.55. The summed E-state index contributed by atoms with van der Waals surface area (Å²) in [6.45, 7) is 8.72. The van der Waals surface area contributed by atoms with Crippen molar-refractivity contribution >= 4 is 11.8 Å². The van der Waals surface area contributed by atoms with Crippen LogP contribution in [0.3, 0.4) is 0 Å². The molecular formula is C13H22N4. The molecule has 0 aliphatic carbocycles. The van der Waals surface area contributed by atoms with E-state index in [1.807, 2.05) is 12.3 Å². The van der Waals surface area contributed by atoms with Crippen molar-refractivity contribution < 1.29 is 0 Å². The number of hydrogen-bond acceptors (Lipinski definition) is 4. The molecule has 4 heteroatoms. The molecule has 0 aromatic carbocycles. The van der Waals surface area contributed by atoms with Crippen LogP contribution in [0.5, 0.6) is 0 Å². The Bertz CT molecular complexity index is 364. The van der Waals surface area contributed by atoms with Crippen molar-refractivity contribution in [2.24, 2.45) is 5.92 Å². The SMILES string of the molecule is CC1CCCN(c2ccnc(NC(C)C)n2)C1. The Balaban J connectivity index is 2.09. The van der Waals surface area contributed by atoms with Crippen LogP contribution in [0, 0.1) is 5.92 Å². The molecule has 1 fully saturated rings. The van der Waals surface area contributed by atoms with Crippen molar-refractivity contribution in [3.05, 3.63) is 12.3 Å². The highest BCUT2D eigenvalue weighted by Crippen LogP contribution is 2.21. The summed E-state index contributed by atoms with van der Waals surface area (Å²) in [6, 6.07) is 2.37. The zero-order valence-corrected chi connectivity index (χ0v) is 11.0. The van der Waals surface area contributed by atoms with Crippen molar-refractivity contribution in [1.82, 2.24) is 9.97 Å². The predicted octanol–water partition coefficient (Wildman–Crippen LogP) is 2.53. The van der Waals surface area contributed by atoms with E-state index < -0.39 is 0 Å². The van der Waals surface area contributed by atoms with Gasteiger partial charge in [0, 0.05) is 25.3 Å². The molecule has 2 heterocycles. The summed E-state index contributed by atoms with van der Waals surface area (Å²) in [6.07, 6.45) is 4.43. The maximum Gasteiger partial charge on any atom is 0.224 e. The van der Waals surface area contributed by atoms with Gasteiger partial charge in [0.1, 0.15) is 5.82 Å². The quantitative estimate of drug-likeness (QED) is 0.872. The van der Waals surface area contributed by atoms with Gasteiger partial charge in [-0.05, 0) is 38.7 Å². The monoisotopic (exact) mass is 234 g/mol. The molecule has 1 saturated heterocycles. The fourth-order valence-electron chi connectivity index (χ4n) is 2.25. The first-order valence-electron chi connectivity index (χ1n) is 6.49. The third-order valence-electron chi connectivity index (χ3n) is 3.04. The second kappa shape index (κ2) is 5.34. The van der Waals surface area contributed by atoms with E-state index in [0.29, 0.717) is 6.04 Å². The lowest BCUT2D eigenvalue weighted by molar-refractivity contribution is 0.444. The highest BCUT2D eigenvalue weighted by atomic mass is 15.2. The van der Waals surface area contributed by atoms with Gasteiger partial charge in [0.15, 0.2) is 0 Å². The summed E-state index contributed by atoms with van der Waals surface area (Å²) in [5, 5.41) is 3.25. The smallest absolute Gasteiger partial charge is 0.224 e. The molecule has 1 atom stereocenters. The minimum absolute atomic E-state index is 0.366. The summed E-state index contributed by atoms with van der Waals surface area (Å²) < 4.78 is 0. The zero-order chi connectivity index (χ0) is 12.3. The normalized spacial score (nSPS) is 20.7. The van der Waals surface area contributed by atoms with Crippen molar-refractivity contribution in [1.29, 1.82) is 0 Å². The number of rotatable bonds is 3. The molecule has 1 aliphatic rings. The highest BCUT2D eigenvalue weighted by molar-refractivity contribution is 5.43. The van der Waals surface area contributed by atoms with Crippen LogP contribution in [0.15, 0.2) is 12.3 Å². The Morgan fingerprint density at radius 2 is 2.29 bits per heavy atom. The van der Waals surface area contributed by atoms with E-state index in [2.05, 4.69) is 41.0 Å². The number of piperidine rings is 1. The van der Waals surface area contributed by atoms with Gasteiger partial charge in [-0.3, -0.25) is 0 Å². The molecule has 0 saturated carbocycles. The van der Waals surface area contributed by atoms with E-state index >= 15 is 0 Å². The summed E-state index contributed by atoms with van der Waals surface area (Å²) in [4.78, 5) is 11.2. The third kappa shape index (κ3) is 3.32. The van der Waals surface area contributed by atoms with Gasteiger partial charge in [-0.2, -0.15) is 4.98 Å². The zero-order valence-electron chi connectivity index (χ0n) is 11.0. The standard InChI is InChI=1S/C13H22N4/c1-10(2)15-13-14-7-6-12(16-13)17-8-4-5-11(3)9-17/h6-7,10-11H,4-5,8-9H2,1-3H3,(H,14,15,16). The lowest BCUT2D eigenvalue weighted by Crippen LogP contribution is -2.35. The molecule has 2 rings (SSSR count). The molecular weight excluding hydrogens is 212 g/mol. The highest BCUT2D eigenvalue weighted by Gasteiger charge is 2.17. The minimum Gasteiger partial charge on any atom is -0.356 e. The molecule has 0 radical (unpaired) electrons. The van der Waals surface area contributed by atoms with Crippen LogP contribution < -0.4 is 10.2 Å². The minimum atomic E-state index is 0.366. The van der Waals surface area contributed by atoms with Crippen molar-refractivity contribution in [3.63, 3.8) is 0 Å². The fraction of sp³-hybridized carbons (Fsp3) is 0.692. The molecule has 4 nitrogen and oxygen atoms in total. The van der Waals surface area contributed by atoms with Gasteiger partial charge in [0.05, 0.1) is 0 Å². The third-order valence-corrected chi connectivity index (χ3v) is 3.04. The van der Waals surface area contributed by atoms with E-state index in [9.17, 15) is 0 Å². The average Bonchev–Trinajstić information content (AvgIpc) is 2.28. The van der Waals surface area contributed by atoms with Gasteiger partial charge in [-0.15, -0.1) is 0 Å². The second-order valence-electron chi connectivity index (χ2n) is 5.23. The first kappa shape index (κ1) is 12.1. The molecule has 17 heavy (non-hydrogen) atoms. The van der Waals surface area contributed by atoms with Crippen molar-refractivity contribution in [2.45, 2.75) is 39.7 Å². The van der Waals surface area contributed by atoms with Crippen LogP contribution in [0.4, 0.5) is 11.8 Å². The first-order chi connectivity index (χ1) is 8.15. The Labute approximate surface area is 103 Å². The maximum atomic E-state index is 4.57. The molecule has 0 amide bonds. The van der Waals surface area contributed by atoms with Crippen LogP contribution in [0.1, 0.15) is 33.6 Å². The summed E-state index contributed by atoms with van der Waals surface area (Å²) in [7, 11) is 0. The summed E-state index contributed by atoms with van der Waals surface area (Å²) in [5.41, 5.74) is 0. The van der Waals surface area contributed by atoms with Crippen LogP contribution in [0.2, 0.25) is 0 Å². The van der Waals surface area contributed by atoms with Crippen LogP contribution >= 0.6 is 0 Å². The summed E-state index contributed by atoms with van der Waals surface area (Å²) >= 11 is 0. The second-order valence-corrected chi connectivity index (χ2v) is 5.23. The Morgan fingerprint density at radius 3 is 3.00 bits per heavy atom. The Morgan fingerprint density at radius 1 is 1.47 bits per heavy atom. The lowest BCUT2D eigenvalue weighted by atomic mass is 10.0. The molecule has 0 spiro atoms. The van der Waals surface area contributed by atoms with Crippen molar-refractivity contribution in [2.75, 3.05) is 23.3 Å². The van der Waals surface area contributed by atoms with Gasteiger partial charge in [-0.1, -0.05) is 6.92 Å². The topological polar surface area (TPSA) is 41.1 Å². The molecule has 1 N–H and O–H groups in total. The van der Waals surface area contributed by atoms with Crippen LogP contribution in [-0.4, -0.2) is 29.1 Å². The van der Waals surface area contributed by atoms with Gasteiger partial charge < -0.3 is 10.2 Å². The average molecular weight is 234 g/mol. The largest absolute Gasteiger partial charge is 0.356 e. The predicted molar refractivity (Wildman–Crippen MR) is 71.4 cm³/mol.